The molecule has 1 aliphatic heterocycles. The van der Waals surface area contributed by atoms with Crippen LogP contribution in [0.4, 0.5) is 15.8 Å². The predicted octanol–water partition coefficient (Wildman–Crippen LogP) is 0.576. The van der Waals surface area contributed by atoms with Gasteiger partial charge in [-0.2, -0.15) is 5.10 Å². The smallest absolute Gasteiger partial charge is 0.152 e. The van der Waals surface area contributed by atoms with Crippen molar-refractivity contribution in [2.45, 2.75) is 13.8 Å². The van der Waals surface area contributed by atoms with Gasteiger partial charge in [-0.15, -0.1) is 5.10 Å². The first kappa shape index (κ1) is 17.0. The van der Waals surface area contributed by atoms with Gasteiger partial charge in [-0.05, 0) is 32.0 Å². The van der Waals surface area contributed by atoms with E-state index in [2.05, 4.69) is 30.6 Å². The molecule has 1 aliphatic rings. The summed E-state index contributed by atoms with van der Waals surface area (Å²) in [6.07, 6.45) is 0. The Hall–Kier alpha value is -2.81. The third kappa shape index (κ3) is 3.50. The van der Waals surface area contributed by atoms with E-state index in [0.29, 0.717) is 5.56 Å². The highest BCUT2D eigenvalue weighted by Crippen LogP contribution is 2.26. The minimum absolute atomic E-state index is 0.145. The summed E-state index contributed by atoms with van der Waals surface area (Å²) in [5.74, 6) is 4.93. The minimum Gasteiger partial charge on any atom is -0.382 e. The summed E-state index contributed by atoms with van der Waals surface area (Å²) in [7, 11) is 0. The third-order valence-corrected chi connectivity index (χ3v) is 4.41. The normalized spacial score (nSPS) is 15.6. The van der Waals surface area contributed by atoms with Gasteiger partial charge in [0.05, 0.1) is 17.1 Å². The third-order valence-electron chi connectivity index (χ3n) is 4.41. The number of H-pyrrole nitrogens is 1. The van der Waals surface area contributed by atoms with Crippen LogP contribution in [0.3, 0.4) is 0 Å². The number of anilines is 2. The Kier molecular flexibility index (Phi) is 4.75. The van der Waals surface area contributed by atoms with Gasteiger partial charge in [0.15, 0.2) is 5.84 Å². The number of halogens is 1. The summed E-state index contributed by atoms with van der Waals surface area (Å²) in [6.45, 7) is 7.24. The number of hydrogen-bond donors (Lipinski definition) is 4. The minimum atomic E-state index is -0.355. The summed E-state index contributed by atoms with van der Waals surface area (Å²) in [5.41, 5.74) is 12.4. The molecule has 1 aromatic carbocycles. The van der Waals surface area contributed by atoms with Crippen LogP contribution >= 0.6 is 0 Å². The number of nitrogens with two attached hydrogens (primary N) is 2. The average molecular weight is 346 g/mol. The molecular weight excluding hydrogens is 323 g/mol. The van der Waals surface area contributed by atoms with E-state index in [1.165, 1.54) is 12.1 Å². The Morgan fingerprint density at radius 1 is 1.20 bits per heavy atom. The predicted molar refractivity (Wildman–Crippen MR) is 96.9 cm³/mol. The first-order chi connectivity index (χ1) is 12.0. The maximum atomic E-state index is 14.0. The van der Waals surface area contributed by atoms with Crippen molar-refractivity contribution in [2.75, 3.05) is 36.0 Å². The number of aryl methyl sites for hydroxylation is 2. The highest BCUT2D eigenvalue weighted by molar-refractivity contribution is 5.98. The summed E-state index contributed by atoms with van der Waals surface area (Å²) in [5, 5.41) is 11.0. The van der Waals surface area contributed by atoms with Gasteiger partial charge < -0.3 is 15.5 Å². The Morgan fingerprint density at radius 2 is 1.88 bits per heavy atom. The highest BCUT2D eigenvalue weighted by Gasteiger charge is 2.22. The molecule has 3 rings (SSSR count). The maximum absolute atomic E-state index is 14.0. The first-order valence-corrected chi connectivity index (χ1v) is 8.10. The van der Waals surface area contributed by atoms with Crippen LogP contribution in [-0.2, 0) is 0 Å². The number of hydrogen-bond acceptors (Lipinski definition) is 6. The van der Waals surface area contributed by atoms with Crippen LogP contribution in [0.1, 0.15) is 17.0 Å². The zero-order valence-electron chi connectivity index (χ0n) is 14.4. The van der Waals surface area contributed by atoms with E-state index < -0.39 is 0 Å². The van der Waals surface area contributed by atoms with Crippen LogP contribution in [0.15, 0.2) is 23.3 Å². The zero-order chi connectivity index (χ0) is 18.0. The summed E-state index contributed by atoms with van der Waals surface area (Å²) >= 11 is 0. The second-order valence-electron chi connectivity index (χ2n) is 6.08. The highest BCUT2D eigenvalue weighted by atomic mass is 19.1. The summed E-state index contributed by atoms with van der Waals surface area (Å²) < 4.78 is 14.0. The lowest BCUT2D eigenvalue weighted by atomic mass is 10.1. The van der Waals surface area contributed by atoms with Crippen LogP contribution in [0.2, 0.25) is 0 Å². The molecule has 6 N–H and O–H groups in total. The number of rotatable bonds is 4. The number of nitrogens with one attached hydrogen (secondary N) is 2. The molecule has 1 aromatic heterocycles. The Bertz CT molecular complexity index is 757. The van der Waals surface area contributed by atoms with Gasteiger partial charge in [0.25, 0.3) is 0 Å². The van der Waals surface area contributed by atoms with Crippen molar-refractivity contribution in [1.29, 1.82) is 0 Å². The van der Waals surface area contributed by atoms with E-state index in [1.54, 1.807) is 0 Å². The van der Waals surface area contributed by atoms with E-state index in [-0.39, 0.29) is 11.7 Å². The fraction of sp³-hybridized carbons (Fsp3) is 0.375. The van der Waals surface area contributed by atoms with E-state index in [1.807, 2.05) is 19.9 Å². The molecule has 0 unspecified atom stereocenters. The van der Waals surface area contributed by atoms with Crippen LogP contribution in [0.5, 0.6) is 0 Å². The van der Waals surface area contributed by atoms with Crippen molar-refractivity contribution in [3.05, 3.63) is 41.0 Å². The van der Waals surface area contributed by atoms with E-state index in [0.717, 1.165) is 48.9 Å². The monoisotopic (exact) mass is 346 g/mol. The second kappa shape index (κ2) is 6.98. The fourth-order valence-corrected chi connectivity index (χ4v) is 3.24. The maximum Gasteiger partial charge on any atom is 0.152 e. The van der Waals surface area contributed by atoms with Gasteiger partial charge in [0, 0.05) is 37.4 Å². The lowest BCUT2D eigenvalue weighted by Crippen LogP contribution is -2.47. The lowest BCUT2D eigenvalue weighted by Gasteiger charge is -2.37. The lowest BCUT2D eigenvalue weighted by molar-refractivity contribution is 0.619. The first-order valence-electron chi connectivity index (χ1n) is 8.10. The Morgan fingerprint density at radius 3 is 2.48 bits per heavy atom. The van der Waals surface area contributed by atoms with Crippen LogP contribution in [-0.4, -0.2) is 42.2 Å². The molecule has 0 spiro atoms. The van der Waals surface area contributed by atoms with Gasteiger partial charge in [-0.1, -0.05) is 0 Å². The number of piperazine rings is 1. The molecule has 0 bridgehead atoms. The Labute approximate surface area is 145 Å². The molecule has 1 fully saturated rings. The molecule has 0 aliphatic carbocycles. The summed E-state index contributed by atoms with van der Waals surface area (Å²) in [4.78, 5) is 4.44. The molecule has 1 saturated heterocycles. The largest absolute Gasteiger partial charge is 0.382 e. The van der Waals surface area contributed by atoms with Crippen molar-refractivity contribution in [3.63, 3.8) is 0 Å². The molecule has 0 radical (unpaired) electrons. The molecule has 0 saturated carbocycles. The zero-order valence-corrected chi connectivity index (χ0v) is 14.4. The number of benzene rings is 1. The molecule has 25 heavy (non-hydrogen) atoms. The number of amidine groups is 1. The number of hydrazine groups is 1. The average Bonchev–Trinajstić information content (AvgIpc) is 2.93. The standard InChI is InChI=1S/C16H23FN8/c1-10-15(11(2)21-20-10)25-5-3-24(4-6-25)14-8-12(7-13(17)9-14)16(18)22-23-19/h7-9,23H,3-6,19H2,1-2H3,(H2,18,22)(H,20,21). The molecule has 134 valence electrons. The van der Waals surface area contributed by atoms with E-state index >= 15 is 0 Å². The molecule has 0 atom stereocenters. The number of aromatic amines is 1. The van der Waals surface area contributed by atoms with Crippen molar-refractivity contribution in [2.24, 2.45) is 16.7 Å². The molecule has 0 amide bonds. The van der Waals surface area contributed by atoms with Crippen molar-refractivity contribution < 1.29 is 4.39 Å². The van der Waals surface area contributed by atoms with Crippen molar-refractivity contribution >= 4 is 17.2 Å². The number of aromatic nitrogens is 2. The SMILES string of the molecule is Cc1n[nH]c(C)c1N1CCN(c2cc(F)cc(/C(N)=N/NN)c2)CC1. The number of hydrazone groups is 1. The van der Waals surface area contributed by atoms with E-state index in [4.69, 9.17) is 11.6 Å². The van der Waals surface area contributed by atoms with Gasteiger partial charge >= 0.3 is 0 Å². The van der Waals surface area contributed by atoms with Crippen molar-refractivity contribution in [3.8, 4) is 0 Å². The van der Waals surface area contributed by atoms with Gasteiger partial charge in [-0.25, -0.2) is 15.8 Å². The topological polar surface area (TPSA) is 112 Å². The molecule has 2 aromatic rings. The fourth-order valence-electron chi connectivity index (χ4n) is 3.24. The van der Waals surface area contributed by atoms with Gasteiger partial charge in [0.2, 0.25) is 0 Å². The number of nitrogens with zero attached hydrogens (tertiary/aromatic N) is 4. The van der Waals surface area contributed by atoms with Crippen LogP contribution in [0, 0.1) is 19.7 Å². The van der Waals surface area contributed by atoms with Gasteiger partial charge in [-0.3, -0.25) is 5.10 Å². The quantitative estimate of drug-likeness (QED) is 0.279. The van der Waals surface area contributed by atoms with Crippen LogP contribution < -0.4 is 26.9 Å². The second-order valence-corrected chi connectivity index (χ2v) is 6.08. The molecule has 9 heteroatoms. The van der Waals surface area contributed by atoms with Gasteiger partial charge in [0.1, 0.15) is 5.82 Å². The van der Waals surface area contributed by atoms with E-state index in [9.17, 15) is 4.39 Å². The molecule has 2 heterocycles. The molecule has 8 nitrogen and oxygen atoms in total. The van der Waals surface area contributed by atoms with Crippen molar-refractivity contribution in [1.82, 2.24) is 15.7 Å². The Balaban J connectivity index is 1.76. The summed E-state index contributed by atoms with van der Waals surface area (Å²) in [6, 6.07) is 4.67. The van der Waals surface area contributed by atoms with Crippen LogP contribution in [0.25, 0.3) is 0 Å². The molecular formula is C16H23FN8.